The number of nitrogens with zero attached hydrogens (tertiary/aromatic N) is 2. The molecule has 8 nitrogen and oxygen atoms in total. The number of anilines is 1. The van der Waals surface area contributed by atoms with E-state index in [0.717, 1.165) is 16.9 Å². The lowest BCUT2D eigenvalue weighted by Gasteiger charge is -2.51. The summed E-state index contributed by atoms with van der Waals surface area (Å²) >= 11 is 17.8. The lowest BCUT2D eigenvalue weighted by atomic mass is 9.56. The van der Waals surface area contributed by atoms with E-state index < -0.39 is 45.2 Å². The minimum absolute atomic E-state index is 0.0526. The molecule has 11 heteroatoms. The van der Waals surface area contributed by atoms with Crippen LogP contribution in [0.1, 0.15) is 30.9 Å². The Labute approximate surface area is 266 Å². The summed E-state index contributed by atoms with van der Waals surface area (Å²) in [5, 5.41) is 10.1. The molecule has 1 N–H and O–H groups in total. The zero-order chi connectivity index (χ0) is 30.4. The number of hydrogen-bond donors (Lipinski definition) is 1. The van der Waals surface area contributed by atoms with Crippen LogP contribution >= 0.6 is 39.1 Å². The van der Waals surface area contributed by atoms with Crippen LogP contribution in [0.2, 0.25) is 0 Å². The van der Waals surface area contributed by atoms with E-state index in [-0.39, 0.29) is 42.3 Å². The number of imide groups is 2. The standard InChI is InChI=1S/C32H27BrCl2N2O6/c1-2-16-3-5-19(6-4-16)37-27(39)22-9-8-21-23(25(22)28(37)40)13-31(34)29(41)36(15-33)30(42)32(31,35)26(21)18-11-17-12-20(38)7-10-24(17)43-14-18/h3-8,10,12,14,22-23,25-26,38H,2,9,11,13,15H2,1H3/t22-,23+,25-,26-,31+,32-/m0/s1. The molecule has 0 aromatic heterocycles. The van der Waals surface area contributed by atoms with Crippen molar-refractivity contribution in [2.75, 3.05) is 10.4 Å². The number of amides is 4. The number of phenolic OH excluding ortho intramolecular Hbond substituents is 1. The van der Waals surface area contributed by atoms with E-state index in [1.54, 1.807) is 24.3 Å². The highest BCUT2D eigenvalue weighted by atomic mass is 79.9. The van der Waals surface area contributed by atoms with Crippen LogP contribution in [0.25, 0.3) is 0 Å². The fraction of sp³-hybridized carbons (Fsp3) is 0.375. The molecular weight excluding hydrogens is 659 g/mol. The molecule has 2 aromatic rings. The molecule has 0 unspecified atom stereocenters. The van der Waals surface area contributed by atoms with Crippen molar-refractivity contribution in [2.24, 2.45) is 23.7 Å². The fourth-order valence-electron chi connectivity index (χ4n) is 7.70. The van der Waals surface area contributed by atoms with Crippen LogP contribution in [-0.4, -0.2) is 48.8 Å². The van der Waals surface area contributed by atoms with Crippen molar-refractivity contribution in [1.82, 2.24) is 4.90 Å². The molecule has 2 aliphatic carbocycles. The summed E-state index contributed by atoms with van der Waals surface area (Å²) < 4.78 is 5.93. The Morgan fingerprint density at radius 1 is 1.02 bits per heavy atom. The molecule has 3 aliphatic heterocycles. The molecule has 0 radical (unpaired) electrons. The van der Waals surface area contributed by atoms with Gasteiger partial charge in [-0.25, -0.2) is 0 Å². The number of fused-ring (bicyclic) bond motifs is 5. The van der Waals surface area contributed by atoms with Crippen molar-refractivity contribution in [3.05, 3.63) is 77.1 Å². The van der Waals surface area contributed by atoms with Gasteiger partial charge in [-0.05, 0) is 66.6 Å². The summed E-state index contributed by atoms with van der Waals surface area (Å²) in [5.41, 5.74) is 3.46. The smallest absolute Gasteiger partial charge is 0.254 e. The molecule has 0 bridgehead atoms. The lowest BCUT2D eigenvalue weighted by Crippen LogP contribution is -2.61. The van der Waals surface area contributed by atoms with Crippen LogP contribution in [0.5, 0.6) is 11.5 Å². The number of hydrogen-bond acceptors (Lipinski definition) is 6. The number of alkyl halides is 3. The average molecular weight is 686 g/mol. The Morgan fingerprint density at radius 2 is 1.77 bits per heavy atom. The quantitative estimate of drug-likeness (QED) is 0.205. The van der Waals surface area contributed by atoms with Crippen LogP contribution in [0.15, 0.2) is 65.9 Å². The van der Waals surface area contributed by atoms with Gasteiger partial charge in [-0.1, -0.05) is 46.6 Å². The van der Waals surface area contributed by atoms with E-state index in [4.69, 9.17) is 27.9 Å². The molecule has 4 amide bonds. The van der Waals surface area contributed by atoms with Gasteiger partial charge in [0.05, 0.1) is 29.2 Å². The van der Waals surface area contributed by atoms with Crippen LogP contribution in [0.4, 0.5) is 5.69 Å². The SMILES string of the molecule is CCc1ccc(N2C(=O)[C@H]3[C@H](CC=C4[C@H](C5=COc6ccc(O)cc6C5)[C@]5(Cl)C(=O)N(CBr)C(=O)[C@]5(Cl)C[C@H]43)C2=O)cc1. The van der Waals surface area contributed by atoms with E-state index in [9.17, 15) is 24.3 Å². The predicted molar refractivity (Wildman–Crippen MR) is 163 cm³/mol. The summed E-state index contributed by atoms with van der Waals surface area (Å²) in [6, 6.07) is 12.1. The van der Waals surface area contributed by atoms with Crippen molar-refractivity contribution < 1.29 is 29.0 Å². The Bertz CT molecular complexity index is 1670. The number of aryl methyl sites for hydroxylation is 1. The van der Waals surface area contributed by atoms with Gasteiger partial charge >= 0.3 is 0 Å². The van der Waals surface area contributed by atoms with Crippen LogP contribution in [0.3, 0.4) is 0 Å². The van der Waals surface area contributed by atoms with Gasteiger partial charge in [0, 0.05) is 17.9 Å². The second kappa shape index (κ2) is 9.94. The summed E-state index contributed by atoms with van der Waals surface area (Å²) in [7, 11) is 0. The molecule has 7 rings (SSSR count). The monoisotopic (exact) mass is 684 g/mol. The van der Waals surface area contributed by atoms with Gasteiger partial charge in [0.1, 0.15) is 11.5 Å². The van der Waals surface area contributed by atoms with E-state index in [0.29, 0.717) is 28.1 Å². The molecule has 222 valence electrons. The number of rotatable bonds is 4. The van der Waals surface area contributed by atoms with Crippen LogP contribution in [0, 0.1) is 23.7 Å². The van der Waals surface area contributed by atoms with E-state index in [2.05, 4.69) is 15.9 Å². The summed E-state index contributed by atoms with van der Waals surface area (Å²) in [4.78, 5) is 54.2. The number of ether oxygens (including phenoxy) is 1. The van der Waals surface area contributed by atoms with Crippen LogP contribution < -0.4 is 9.64 Å². The highest BCUT2D eigenvalue weighted by Crippen LogP contribution is 2.65. The largest absolute Gasteiger partial charge is 0.508 e. The molecule has 3 heterocycles. The molecule has 2 aromatic carbocycles. The Morgan fingerprint density at radius 3 is 2.47 bits per heavy atom. The molecule has 1 saturated carbocycles. The van der Waals surface area contributed by atoms with Gasteiger partial charge in [-0.3, -0.25) is 29.0 Å². The third-order valence-electron chi connectivity index (χ3n) is 9.76. The van der Waals surface area contributed by atoms with E-state index >= 15 is 0 Å². The van der Waals surface area contributed by atoms with Gasteiger partial charge in [-0.2, -0.15) is 0 Å². The number of carbonyl (C=O) groups is 4. The number of carbonyl (C=O) groups excluding carboxylic acids is 4. The fourth-order valence-corrected chi connectivity index (χ4v) is 9.14. The zero-order valence-corrected chi connectivity index (χ0v) is 26.2. The molecule has 6 atom stereocenters. The van der Waals surface area contributed by atoms with Gasteiger partial charge in [0.25, 0.3) is 11.8 Å². The van der Waals surface area contributed by atoms with Gasteiger partial charge in [0.15, 0.2) is 9.75 Å². The van der Waals surface area contributed by atoms with E-state index in [1.807, 2.05) is 25.1 Å². The second-order valence-electron chi connectivity index (χ2n) is 11.8. The zero-order valence-electron chi connectivity index (χ0n) is 23.1. The number of halogens is 3. The number of phenols is 1. The van der Waals surface area contributed by atoms with Crippen molar-refractivity contribution >= 4 is 68.4 Å². The normalized spacial score (nSPS) is 32.9. The van der Waals surface area contributed by atoms with Crippen molar-refractivity contribution in [3.8, 4) is 11.5 Å². The van der Waals surface area contributed by atoms with Gasteiger partial charge in [0.2, 0.25) is 11.8 Å². The molecule has 0 spiro atoms. The Hall–Kier alpha value is -3.14. The first-order valence-electron chi connectivity index (χ1n) is 14.2. The molecule has 2 saturated heterocycles. The topological polar surface area (TPSA) is 104 Å². The maximum atomic E-state index is 14.2. The first-order valence-corrected chi connectivity index (χ1v) is 16.1. The maximum absolute atomic E-state index is 14.2. The number of benzene rings is 2. The number of allylic oxidation sites excluding steroid dienone is 3. The molecular formula is C32H27BrCl2N2O6. The average Bonchev–Trinajstić information content (AvgIpc) is 3.34. The first kappa shape index (κ1) is 28.6. The summed E-state index contributed by atoms with van der Waals surface area (Å²) in [5.74, 6) is -4.26. The number of aromatic hydroxyl groups is 1. The second-order valence-corrected chi connectivity index (χ2v) is 13.5. The summed E-state index contributed by atoms with van der Waals surface area (Å²) in [6.45, 7) is 2.03. The molecule has 5 aliphatic rings. The predicted octanol–water partition coefficient (Wildman–Crippen LogP) is 5.22. The summed E-state index contributed by atoms with van der Waals surface area (Å²) in [6.07, 6.45) is 4.72. The van der Waals surface area contributed by atoms with Gasteiger partial charge < -0.3 is 9.84 Å². The molecule has 43 heavy (non-hydrogen) atoms. The van der Waals surface area contributed by atoms with Crippen LogP contribution in [-0.2, 0) is 32.0 Å². The van der Waals surface area contributed by atoms with Gasteiger partial charge in [-0.15, -0.1) is 23.2 Å². The lowest BCUT2D eigenvalue weighted by molar-refractivity contribution is -0.138. The maximum Gasteiger partial charge on any atom is 0.254 e. The Balaban J connectivity index is 1.35. The molecule has 3 fully saturated rings. The van der Waals surface area contributed by atoms with E-state index in [1.165, 1.54) is 17.2 Å². The minimum atomic E-state index is -1.90. The minimum Gasteiger partial charge on any atom is -0.508 e. The third kappa shape index (κ3) is 3.80. The first-order chi connectivity index (χ1) is 20.5. The Kier molecular flexibility index (Phi) is 6.62. The number of likely N-dealkylation sites (tertiary alicyclic amines) is 1. The highest BCUT2D eigenvalue weighted by molar-refractivity contribution is 9.09. The third-order valence-corrected chi connectivity index (χ3v) is 11.7. The van der Waals surface area contributed by atoms with Crippen molar-refractivity contribution in [3.63, 3.8) is 0 Å². The van der Waals surface area contributed by atoms with Crippen molar-refractivity contribution in [1.29, 1.82) is 0 Å². The van der Waals surface area contributed by atoms with Crippen molar-refractivity contribution in [2.45, 2.75) is 42.4 Å². The highest BCUT2D eigenvalue weighted by Gasteiger charge is 2.76.